The topological polar surface area (TPSA) is 88.8 Å². The van der Waals surface area contributed by atoms with Gasteiger partial charge in [-0.3, -0.25) is 4.79 Å². The Morgan fingerprint density at radius 3 is 2.70 bits per heavy atom. The molecule has 0 bridgehead atoms. The quantitative estimate of drug-likeness (QED) is 0.881. The Labute approximate surface area is 139 Å². The lowest BCUT2D eigenvalue weighted by Crippen LogP contribution is -2.43. The average Bonchev–Trinajstić information content (AvgIpc) is 3.09. The monoisotopic (exact) mass is 335 g/mol. The summed E-state index contributed by atoms with van der Waals surface area (Å²) in [7, 11) is 2.10. The molecule has 0 unspecified atom stereocenters. The van der Waals surface area contributed by atoms with Crippen LogP contribution in [-0.2, 0) is 6.54 Å². The van der Waals surface area contributed by atoms with E-state index in [4.69, 9.17) is 0 Å². The molecule has 1 N–H and O–H groups in total. The number of aromatic nitrogens is 5. The van der Waals surface area contributed by atoms with E-state index in [1.165, 1.54) is 11.7 Å². The highest BCUT2D eigenvalue weighted by Gasteiger charge is 2.23. The van der Waals surface area contributed by atoms with Gasteiger partial charge in [-0.2, -0.15) is 8.75 Å². The van der Waals surface area contributed by atoms with Crippen LogP contribution >= 0.6 is 11.7 Å². The molecule has 2 aromatic heterocycles. The standard InChI is InChI=1S/C14H21N7OS/c1-9-12(18-23-17-9)8-21-10(2)13(16-19-21)14(22)15-11-4-6-20(3)7-5-11/h11H,4-8H2,1-3H3,(H,15,22). The predicted molar refractivity (Wildman–Crippen MR) is 86.5 cm³/mol. The first-order chi connectivity index (χ1) is 11.0. The molecule has 0 atom stereocenters. The van der Waals surface area contributed by atoms with Gasteiger partial charge in [0.05, 0.1) is 35.4 Å². The summed E-state index contributed by atoms with van der Waals surface area (Å²) in [5.74, 6) is -0.142. The fourth-order valence-corrected chi connectivity index (χ4v) is 3.22. The van der Waals surface area contributed by atoms with E-state index in [9.17, 15) is 4.79 Å². The second kappa shape index (κ2) is 6.71. The number of rotatable bonds is 4. The highest BCUT2D eigenvalue weighted by atomic mass is 32.1. The van der Waals surface area contributed by atoms with Gasteiger partial charge in [0.25, 0.3) is 5.91 Å². The van der Waals surface area contributed by atoms with Crippen LogP contribution in [0.3, 0.4) is 0 Å². The van der Waals surface area contributed by atoms with Gasteiger partial charge in [0.2, 0.25) is 0 Å². The molecule has 23 heavy (non-hydrogen) atoms. The zero-order chi connectivity index (χ0) is 16.4. The minimum atomic E-state index is -0.142. The molecule has 124 valence electrons. The van der Waals surface area contributed by atoms with Gasteiger partial charge in [0.15, 0.2) is 5.69 Å². The lowest BCUT2D eigenvalue weighted by atomic mass is 10.1. The van der Waals surface area contributed by atoms with Crippen LogP contribution in [-0.4, -0.2) is 60.7 Å². The maximum Gasteiger partial charge on any atom is 0.273 e. The Balaban J connectivity index is 1.66. The Hall–Kier alpha value is -1.87. The molecule has 1 aliphatic heterocycles. The zero-order valence-corrected chi connectivity index (χ0v) is 14.4. The number of piperidine rings is 1. The normalized spacial score (nSPS) is 16.7. The molecule has 0 radical (unpaired) electrons. The van der Waals surface area contributed by atoms with Gasteiger partial charge in [-0.05, 0) is 46.8 Å². The first-order valence-corrected chi connectivity index (χ1v) is 8.45. The lowest BCUT2D eigenvalue weighted by Gasteiger charge is -2.29. The number of hydrogen-bond donors (Lipinski definition) is 1. The van der Waals surface area contributed by atoms with Crippen LogP contribution in [0.5, 0.6) is 0 Å². The summed E-state index contributed by atoms with van der Waals surface area (Å²) in [5, 5.41) is 11.2. The van der Waals surface area contributed by atoms with Gasteiger partial charge in [-0.25, -0.2) is 4.68 Å². The third-order valence-corrected chi connectivity index (χ3v) is 4.95. The van der Waals surface area contributed by atoms with E-state index in [0.717, 1.165) is 43.0 Å². The van der Waals surface area contributed by atoms with Gasteiger partial charge < -0.3 is 10.2 Å². The summed E-state index contributed by atoms with van der Waals surface area (Å²) < 4.78 is 10.1. The number of carbonyl (C=O) groups excluding carboxylic acids is 1. The number of amides is 1. The Morgan fingerprint density at radius 1 is 1.30 bits per heavy atom. The molecule has 1 aliphatic rings. The molecule has 1 fully saturated rings. The molecule has 0 spiro atoms. The van der Waals surface area contributed by atoms with Crippen molar-refractivity contribution >= 4 is 17.6 Å². The molecular formula is C14H21N7OS. The number of aryl methyl sites for hydroxylation is 1. The summed E-state index contributed by atoms with van der Waals surface area (Å²) in [6.45, 7) is 6.28. The molecule has 3 rings (SSSR count). The molecule has 1 amide bonds. The predicted octanol–water partition coefficient (Wildman–Crippen LogP) is 0.619. The SMILES string of the molecule is Cc1nsnc1Cn1nnc(C(=O)NC2CCN(C)CC2)c1C. The van der Waals surface area contributed by atoms with Crippen molar-refractivity contribution in [2.24, 2.45) is 0 Å². The van der Waals surface area contributed by atoms with Crippen molar-refractivity contribution in [2.75, 3.05) is 20.1 Å². The summed E-state index contributed by atoms with van der Waals surface area (Å²) >= 11 is 1.18. The largest absolute Gasteiger partial charge is 0.348 e. The third kappa shape index (κ3) is 3.56. The molecule has 1 saturated heterocycles. The van der Waals surface area contributed by atoms with Crippen molar-refractivity contribution in [1.82, 2.24) is 34.0 Å². The molecule has 3 heterocycles. The summed E-state index contributed by atoms with van der Waals surface area (Å²) in [6, 6.07) is 0.216. The minimum absolute atomic E-state index is 0.142. The van der Waals surface area contributed by atoms with Crippen LogP contribution in [0.1, 0.15) is 40.4 Å². The summed E-state index contributed by atoms with van der Waals surface area (Å²) in [4.78, 5) is 14.7. The van der Waals surface area contributed by atoms with E-state index in [-0.39, 0.29) is 11.9 Å². The number of hydrogen-bond acceptors (Lipinski definition) is 7. The zero-order valence-electron chi connectivity index (χ0n) is 13.6. The molecule has 0 saturated carbocycles. The van der Waals surface area contributed by atoms with Gasteiger partial charge >= 0.3 is 0 Å². The van der Waals surface area contributed by atoms with Crippen molar-refractivity contribution in [1.29, 1.82) is 0 Å². The van der Waals surface area contributed by atoms with Crippen LogP contribution in [0.15, 0.2) is 0 Å². The lowest BCUT2D eigenvalue weighted by molar-refractivity contribution is 0.0911. The molecule has 0 aliphatic carbocycles. The van der Waals surface area contributed by atoms with Crippen LogP contribution in [0.25, 0.3) is 0 Å². The first kappa shape index (κ1) is 16.0. The Morgan fingerprint density at radius 2 is 2.04 bits per heavy atom. The highest BCUT2D eigenvalue weighted by molar-refractivity contribution is 6.99. The van der Waals surface area contributed by atoms with Gasteiger partial charge in [-0.1, -0.05) is 5.21 Å². The maximum atomic E-state index is 12.4. The smallest absolute Gasteiger partial charge is 0.273 e. The average molecular weight is 335 g/mol. The molecule has 0 aromatic carbocycles. The summed E-state index contributed by atoms with van der Waals surface area (Å²) in [6.07, 6.45) is 1.94. The van der Waals surface area contributed by atoms with E-state index < -0.39 is 0 Å². The van der Waals surface area contributed by atoms with E-state index in [0.29, 0.717) is 12.2 Å². The van der Waals surface area contributed by atoms with E-state index in [1.54, 1.807) is 4.68 Å². The van der Waals surface area contributed by atoms with Crippen molar-refractivity contribution in [3.05, 3.63) is 22.8 Å². The summed E-state index contributed by atoms with van der Waals surface area (Å²) in [5.41, 5.74) is 2.90. The van der Waals surface area contributed by atoms with Crippen molar-refractivity contribution < 1.29 is 4.79 Å². The number of likely N-dealkylation sites (tertiary alicyclic amines) is 1. The van der Waals surface area contributed by atoms with Crippen LogP contribution < -0.4 is 5.32 Å². The second-order valence-electron chi connectivity index (χ2n) is 6.03. The van der Waals surface area contributed by atoms with Gasteiger partial charge in [-0.15, -0.1) is 5.10 Å². The van der Waals surface area contributed by atoms with E-state index in [2.05, 4.69) is 36.3 Å². The van der Waals surface area contributed by atoms with Gasteiger partial charge in [0, 0.05) is 6.04 Å². The number of carbonyl (C=O) groups is 1. The van der Waals surface area contributed by atoms with E-state index >= 15 is 0 Å². The third-order valence-electron chi connectivity index (χ3n) is 4.30. The second-order valence-corrected chi connectivity index (χ2v) is 6.56. The van der Waals surface area contributed by atoms with Crippen molar-refractivity contribution in [3.63, 3.8) is 0 Å². The number of nitrogens with one attached hydrogen (secondary N) is 1. The first-order valence-electron chi connectivity index (χ1n) is 7.72. The Kier molecular flexibility index (Phi) is 4.67. The minimum Gasteiger partial charge on any atom is -0.348 e. The Bertz CT molecular complexity index is 687. The van der Waals surface area contributed by atoms with Crippen LogP contribution in [0.4, 0.5) is 0 Å². The maximum absolute atomic E-state index is 12.4. The van der Waals surface area contributed by atoms with E-state index in [1.807, 2.05) is 13.8 Å². The van der Waals surface area contributed by atoms with Crippen molar-refractivity contribution in [3.8, 4) is 0 Å². The molecular weight excluding hydrogens is 314 g/mol. The number of nitrogens with zero attached hydrogens (tertiary/aromatic N) is 6. The van der Waals surface area contributed by atoms with Crippen molar-refractivity contribution in [2.45, 2.75) is 39.3 Å². The molecule has 9 heteroatoms. The fraction of sp³-hybridized carbons (Fsp3) is 0.643. The van der Waals surface area contributed by atoms with Gasteiger partial charge in [0.1, 0.15) is 0 Å². The fourth-order valence-electron chi connectivity index (χ4n) is 2.66. The van der Waals surface area contributed by atoms with Crippen LogP contribution in [0, 0.1) is 13.8 Å². The molecule has 2 aromatic rings. The highest BCUT2D eigenvalue weighted by Crippen LogP contribution is 2.12. The van der Waals surface area contributed by atoms with Crippen LogP contribution in [0.2, 0.25) is 0 Å². The molecule has 8 nitrogen and oxygen atoms in total.